The molecule has 0 aliphatic carbocycles. The number of ether oxygens (including phenoxy) is 3. The molecule has 1 aliphatic heterocycles. The van der Waals surface area contributed by atoms with E-state index in [0.717, 1.165) is 38.5 Å². The molecule has 0 spiro atoms. The molecule has 0 bridgehead atoms. The highest BCUT2D eigenvalue weighted by Crippen LogP contribution is 2.11. The average molecular weight is 259 g/mol. The standard InChI is InChI=1S/C12H25N3O3/c1-13-12(14-5-8-16-2)15-6-9-17-10-11-4-3-7-18-11/h11H,3-10H2,1-2H3,(H2,13,14,15). The highest BCUT2D eigenvalue weighted by atomic mass is 16.5. The molecule has 6 heteroatoms. The Morgan fingerprint density at radius 1 is 1.33 bits per heavy atom. The lowest BCUT2D eigenvalue weighted by atomic mass is 10.2. The van der Waals surface area contributed by atoms with Crippen molar-refractivity contribution in [1.82, 2.24) is 10.6 Å². The number of guanidine groups is 1. The molecule has 0 amide bonds. The number of hydrogen-bond donors (Lipinski definition) is 2. The Hall–Kier alpha value is -0.850. The van der Waals surface area contributed by atoms with Crippen LogP contribution in [0.3, 0.4) is 0 Å². The first-order valence-electron chi connectivity index (χ1n) is 6.49. The Kier molecular flexibility index (Phi) is 8.54. The second-order valence-electron chi connectivity index (χ2n) is 4.13. The Balaban J connectivity index is 1.94. The maximum Gasteiger partial charge on any atom is 0.191 e. The maximum atomic E-state index is 5.54. The lowest BCUT2D eigenvalue weighted by molar-refractivity contribution is 0.0191. The topological polar surface area (TPSA) is 64.1 Å². The van der Waals surface area contributed by atoms with Crippen LogP contribution in [0.5, 0.6) is 0 Å². The lowest BCUT2D eigenvalue weighted by Gasteiger charge is -2.13. The molecular weight excluding hydrogens is 234 g/mol. The minimum Gasteiger partial charge on any atom is -0.383 e. The average Bonchev–Trinajstić information content (AvgIpc) is 2.89. The van der Waals surface area contributed by atoms with E-state index in [0.29, 0.717) is 25.9 Å². The third-order valence-electron chi connectivity index (χ3n) is 2.69. The molecule has 1 saturated heterocycles. The molecule has 106 valence electrons. The van der Waals surface area contributed by atoms with Gasteiger partial charge in [-0.25, -0.2) is 0 Å². The van der Waals surface area contributed by atoms with Crippen LogP contribution >= 0.6 is 0 Å². The van der Waals surface area contributed by atoms with Crippen LogP contribution in [-0.4, -0.2) is 65.7 Å². The van der Waals surface area contributed by atoms with Crippen molar-refractivity contribution < 1.29 is 14.2 Å². The van der Waals surface area contributed by atoms with Crippen molar-refractivity contribution in [2.75, 3.05) is 53.7 Å². The van der Waals surface area contributed by atoms with Crippen molar-refractivity contribution >= 4 is 5.96 Å². The van der Waals surface area contributed by atoms with E-state index in [1.165, 1.54) is 0 Å². The molecule has 0 saturated carbocycles. The molecule has 6 nitrogen and oxygen atoms in total. The van der Waals surface area contributed by atoms with Gasteiger partial charge in [-0.05, 0) is 12.8 Å². The minimum absolute atomic E-state index is 0.296. The molecule has 1 unspecified atom stereocenters. The smallest absolute Gasteiger partial charge is 0.191 e. The van der Waals surface area contributed by atoms with E-state index in [2.05, 4.69) is 15.6 Å². The summed E-state index contributed by atoms with van der Waals surface area (Å²) >= 11 is 0. The van der Waals surface area contributed by atoms with E-state index in [1.807, 2.05) is 0 Å². The first kappa shape index (κ1) is 15.2. The fraction of sp³-hybridized carbons (Fsp3) is 0.917. The molecule has 0 radical (unpaired) electrons. The molecule has 1 rings (SSSR count). The number of nitrogens with one attached hydrogen (secondary N) is 2. The largest absolute Gasteiger partial charge is 0.383 e. The third kappa shape index (κ3) is 6.78. The number of methoxy groups -OCH3 is 1. The molecule has 2 N–H and O–H groups in total. The fourth-order valence-electron chi connectivity index (χ4n) is 1.72. The van der Waals surface area contributed by atoms with E-state index in [4.69, 9.17) is 14.2 Å². The molecule has 1 atom stereocenters. The van der Waals surface area contributed by atoms with Gasteiger partial charge in [-0.15, -0.1) is 0 Å². The van der Waals surface area contributed by atoms with Crippen molar-refractivity contribution in [2.45, 2.75) is 18.9 Å². The van der Waals surface area contributed by atoms with Gasteiger partial charge in [-0.1, -0.05) is 0 Å². The summed E-state index contributed by atoms with van der Waals surface area (Å²) in [7, 11) is 3.42. The van der Waals surface area contributed by atoms with Crippen molar-refractivity contribution in [2.24, 2.45) is 4.99 Å². The van der Waals surface area contributed by atoms with Gasteiger partial charge in [0.15, 0.2) is 5.96 Å². The molecular formula is C12H25N3O3. The predicted octanol–water partition coefficient (Wildman–Crippen LogP) is -0.00660. The van der Waals surface area contributed by atoms with E-state index < -0.39 is 0 Å². The molecule has 0 aromatic rings. The van der Waals surface area contributed by atoms with Gasteiger partial charge in [-0.3, -0.25) is 4.99 Å². The van der Waals surface area contributed by atoms with E-state index >= 15 is 0 Å². The SMILES string of the molecule is CN=C(NCCOC)NCCOCC1CCCO1. The van der Waals surface area contributed by atoms with Crippen LogP contribution in [0, 0.1) is 0 Å². The van der Waals surface area contributed by atoms with Crippen LogP contribution in [0.4, 0.5) is 0 Å². The van der Waals surface area contributed by atoms with Crippen LogP contribution in [-0.2, 0) is 14.2 Å². The molecule has 1 aliphatic rings. The van der Waals surface area contributed by atoms with Crippen LogP contribution in [0.2, 0.25) is 0 Å². The Morgan fingerprint density at radius 2 is 2.11 bits per heavy atom. The predicted molar refractivity (Wildman–Crippen MR) is 71.0 cm³/mol. The highest BCUT2D eigenvalue weighted by molar-refractivity contribution is 5.79. The van der Waals surface area contributed by atoms with Gasteiger partial charge in [0.1, 0.15) is 0 Å². The molecule has 0 aromatic carbocycles. The summed E-state index contributed by atoms with van der Waals surface area (Å²) in [5, 5.41) is 6.31. The van der Waals surface area contributed by atoms with Gasteiger partial charge >= 0.3 is 0 Å². The molecule has 0 aromatic heterocycles. The van der Waals surface area contributed by atoms with E-state index in [-0.39, 0.29) is 0 Å². The maximum absolute atomic E-state index is 5.54. The molecule has 1 fully saturated rings. The van der Waals surface area contributed by atoms with Crippen LogP contribution < -0.4 is 10.6 Å². The Bertz CT molecular complexity index is 231. The summed E-state index contributed by atoms with van der Waals surface area (Å²) in [6.45, 7) is 4.37. The monoisotopic (exact) mass is 259 g/mol. The zero-order valence-electron chi connectivity index (χ0n) is 11.4. The highest BCUT2D eigenvalue weighted by Gasteiger charge is 2.14. The van der Waals surface area contributed by atoms with E-state index in [9.17, 15) is 0 Å². The van der Waals surface area contributed by atoms with Gasteiger partial charge < -0.3 is 24.8 Å². The van der Waals surface area contributed by atoms with Crippen molar-refractivity contribution in [1.29, 1.82) is 0 Å². The summed E-state index contributed by atoms with van der Waals surface area (Å²) in [4.78, 5) is 4.09. The van der Waals surface area contributed by atoms with Crippen LogP contribution in [0.15, 0.2) is 4.99 Å². The number of rotatable bonds is 8. The van der Waals surface area contributed by atoms with Crippen molar-refractivity contribution in [3.05, 3.63) is 0 Å². The number of hydrogen-bond acceptors (Lipinski definition) is 4. The van der Waals surface area contributed by atoms with Crippen molar-refractivity contribution in [3.8, 4) is 0 Å². The fourth-order valence-corrected chi connectivity index (χ4v) is 1.72. The Labute approximate surface area is 109 Å². The first-order chi connectivity index (χ1) is 8.86. The number of aliphatic imine (C=N–C) groups is 1. The quantitative estimate of drug-likeness (QED) is 0.365. The second-order valence-corrected chi connectivity index (χ2v) is 4.13. The Morgan fingerprint density at radius 3 is 2.72 bits per heavy atom. The van der Waals surface area contributed by atoms with Crippen LogP contribution in [0.1, 0.15) is 12.8 Å². The lowest BCUT2D eigenvalue weighted by Crippen LogP contribution is -2.40. The first-order valence-corrected chi connectivity index (χ1v) is 6.49. The molecule has 1 heterocycles. The zero-order valence-corrected chi connectivity index (χ0v) is 11.4. The van der Waals surface area contributed by atoms with Crippen molar-refractivity contribution in [3.63, 3.8) is 0 Å². The van der Waals surface area contributed by atoms with E-state index in [1.54, 1.807) is 14.2 Å². The van der Waals surface area contributed by atoms with Gasteiger partial charge in [-0.2, -0.15) is 0 Å². The summed E-state index contributed by atoms with van der Waals surface area (Å²) in [5.74, 6) is 0.771. The van der Waals surface area contributed by atoms with Crippen LogP contribution in [0.25, 0.3) is 0 Å². The summed E-state index contributed by atoms with van der Waals surface area (Å²) in [6, 6.07) is 0. The summed E-state index contributed by atoms with van der Waals surface area (Å²) in [5.41, 5.74) is 0. The van der Waals surface area contributed by atoms with Gasteiger partial charge in [0, 0.05) is 33.9 Å². The second kappa shape index (κ2) is 10.1. The minimum atomic E-state index is 0.296. The summed E-state index contributed by atoms with van der Waals surface area (Å²) in [6.07, 6.45) is 2.57. The number of nitrogens with zero attached hydrogens (tertiary/aromatic N) is 1. The van der Waals surface area contributed by atoms with Gasteiger partial charge in [0.05, 0.1) is 25.9 Å². The normalized spacial score (nSPS) is 20.1. The van der Waals surface area contributed by atoms with Gasteiger partial charge in [0.2, 0.25) is 0 Å². The summed E-state index contributed by atoms with van der Waals surface area (Å²) < 4.78 is 16.0. The van der Waals surface area contributed by atoms with Gasteiger partial charge in [0.25, 0.3) is 0 Å². The zero-order chi connectivity index (χ0) is 13.1. The molecule has 18 heavy (non-hydrogen) atoms. The third-order valence-corrected chi connectivity index (χ3v) is 2.69.